The Balaban J connectivity index is 2.13. The highest BCUT2D eigenvalue weighted by Crippen LogP contribution is 2.21. The molecule has 4 N–H and O–H groups in total. The Morgan fingerprint density at radius 1 is 1.71 bits per heavy atom. The van der Waals surface area contributed by atoms with Crippen LogP contribution in [-0.4, -0.2) is 33.8 Å². The van der Waals surface area contributed by atoms with Crippen LogP contribution in [0.1, 0.15) is 29.0 Å². The monoisotopic (exact) mass is 198 g/mol. The highest BCUT2D eigenvalue weighted by atomic mass is 16.5. The number of primary amides is 1. The first-order chi connectivity index (χ1) is 6.66. The number of amides is 1. The maximum absolute atomic E-state index is 10.7. The Morgan fingerprint density at radius 2 is 2.50 bits per heavy atom. The van der Waals surface area contributed by atoms with Gasteiger partial charge in [0.1, 0.15) is 0 Å². The van der Waals surface area contributed by atoms with Crippen molar-refractivity contribution in [3.05, 3.63) is 11.7 Å². The lowest BCUT2D eigenvalue weighted by Crippen LogP contribution is -2.16. The van der Waals surface area contributed by atoms with Gasteiger partial charge in [-0.1, -0.05) is 5.16 Å². The molecule has 2 rings (SSSR count). The zero-order valence-corrected chi connectivity index (χ0v) is 7.30. The molecule has 0 aromatic carbocycles. The van der Waals surface area contributed by atoms with E-state index in [0.717, 1.165) is 0 Å². The predicted molar refractivity (Wildman–Crippen MR) is 44.2 cm³/mol. The van der Waals surface area contributed by atoms with Crippen LogP contribution >= 0.6 is 0 Å². The van der Waals surface area contributed by atoms with E-state index in [1.807, 2.05) is 0 Å². The lowest BCUT2D eigenvalue weighted by molar-refractivity contribution is 0.0987. The van der Waals surface area contributed by atoms with E-state index in [2.05, 4.69) is 15.5 Å². The minimum atomic E-state index is -0.724. The average Bonchev–Trinajstić information content (AvgIpc) is 2.70. The van der Waals surface area contributed by atoms with Gasteiger partial charge in [0, 0.05) is 6.54 Å². The Bertz CT molecular complexity index is 350. The van der Waals surface area contributed by atoms with Crippen LogP contribution in [-0.2, 0) is 0 Å². The van der Waals surface area contributed by atoms with Gasteiger partial charge in [0.05, 0.1) is 12.1 Å². The van der Waals surface area contributed by atoms with Crippen molar-refractivity contribution in [2.45, 2.75) is 18.6 Å². The summed E-state index contributed by atoms with van der Waals surface area (Å²) in [6.45, 7) is 0.485. The molecule has 0 saturated carbocycles. The molecule has 1 saturated heterocycles. The Hall–Kier alpha value is -1.47. The molecule has 1 aliphatic rings. The molecule has 7 heteroatoms. The second-order valence-corrected chi connectivity index (χ2v) is 3.17. The number of hydrogen-bond acceptors (Lipinski definition) is 6. The number of β-amino-alcohol motifs (C(OH)–C–C–N with tert-alkyl or cyclic N) is 1. The lowest BCUT2D eigenvalue weighted by Gasteiger charge is -2.01. The molecule has 1 amide bonds. The fourth-order valence-corrected chi connectivity index (χ4v) is 1.38. The molecule has 1 aliphatic heterocycles. The first-order valence-corrected chi connectivity index (χ1v) is 4.21. The van der Waals surface area contributed by atoms with Crippen LogP contribution in [0.2, 0.25) is 0 Å². The number of aliphatic hydroxyl groups excluding tert-OH is 1. The minimum absolute atomic E-state index is 0.136. The van der Waals surface area contributed by atoms with Gasteiger partial charge < -0.3 is 20.7 Å². The largest absolute Gasteiger partial charge is 0.392 e. The highest BCUT2D eigenvalue weighted by Gasteiger charge is 2.28. The van der Waals surface area contributed by atoms with E-state index >= 15 is 0 Å². The van der Waals surface area contributed by atoms with E-state index in [0.29, 0.717) is 13.0 Å². The fraction of sp³-hybridized carbons (Fsp3) is 0.571. The standard InChI is InChI=1S/C7H10N4O3/c8-5(13)6-10-7(14-11-6)4-1-3(12)2-9-4/h3-4,9,12H,1-2H2,(H2,8,13)/t3-,4-/m0/s1. The van der Waals surface area contributed by atoms with Crippen LogP contribution in [0, 0.1) is 0 Å². The van der Waals surface area contributed by atoms with Gasteiger partial charge in [-0.15, -0.1) is 0 Å². The van der Waals surface area contributed by atoms with Crippen molar-refractivity contribution in [3.63, 3.8) is 0 Å². The number of carbonyl (C=O) groups excluding carboxylic acids is 1. The highest BCUT2D eigenvalue weighted by molar-refractivity contribution is 5.88. The van der Waals surface area contributed by atoms with E-state index < -0.39 is 12.0 Å². The number of nitrogens with zero attached hydrogens (tertiary/aromatic N) is 2. The van der Waals surface area contributed by atoms with Crippen molar-refractivity contribution < 1.29 is 14.4 Å². The number of aliphatic hydroxyl groups is 1. The van der Waals surface area contributed by atoms with Crippen LogP contribution in [0.4, 0.5) is 0 Å². The fourth-order valence-electron chi connectivity index (χ4n) is 1.38. The van der Waals surface area contributed by atoms with Gasteiger partial charge in [-0.25, -0.2) is 0 Å². The second-order valence-electron chi connectivity index (χ2n) is 3.17. The quantitative estimate of drug-likeness (QED) is 0.536. The first-order valence-electron chi connectivity index (χ1n) is 4.21. The number of nitrogens with one attached hydrogen (secondary N) is 1. The minimum Gasteiger partial charge on any atom is -0.392 e. The summed E-state index contributed by atoms with van der Waals surface area (Å²) in [5.74, 6) is -0.572. The summed E-state index contributed by atoms with van der Waals surface area (Å²) < 4.78 is 4.82. The molecule has 0 radical (unpaired) electrons. The van der Waals surface area contributed by atoms with Gasteiger partial charge in [0.25, 0.3) is 11.7 Å². The van der Waals surface area contributed by atoms with Crippen LogP contribution in [0.15, 0.2) is 4.52 Å². The average molecular weight is 198 g/mol. The smallest absolute Gasteiger partial charge is 0.290 e. The zero-order valence-electron chi connectivity index (χ0n) is 7.30. The summed E-state index contributed by atoms with van der Waals surface area (Å²) in [7, 11) is 0. The van der Waals surface area contributed by atoms with E-state index in [1.165, 1.54) is 0 Å². The van der Waals surface area contributed by atoms with E-state index in [1.54, 1.807) is 0 Å². The third kappa shape index (κ3) is 1.59. The molecular formula is C7H10N4O3. The normalized spacial score (nSPS) is 26.6. The molecule has 7 nitrogen and oxygen atoms in total. The number of carbonyl (C=O) groups is 1. The lowest BCUT2D eigenvalue weighted by atomic mass is 10.2. The van der Waals surface area contributed by atoms with E-state index in [9.17, 15) is 9.90 Å². The van der Waals surface area contributed by atoms with Gasteiger partial charge in [-0.3, -0.25) is 4.79 Å². The Kier molecular flexibility index (Phi) is 2.18. The molecule has 2 heterocycles. The summed E-state index contributed by atoms with van der Waals surface area (Å²) >= 11 is 0. The van der Waals surface area contributed by atoms with Crippen molar-refractivity contribution in [1.82, 2.24) is 15.5 Å². The zero-order chi connectivity index (χ0) is 10.1. The van der Waals surface area contributed by atoms with Crippen LogP contribution < -0.4 is 11.1 Å². The second kappa shape index (κ2) is 3.35. The molecular weight excluding hydrogens is 188 g/mol. The first kappa shape index (κ1) is 9.10. The molecule has 1 fully saturated rings. The summed E-state index contributed by atoms with van der Waals surface area (Å²) in [5, 5.41) is 15.6. The SMILES string of the molecule is NC(=O)c1noc([C@@H]2C[C@H](O)CN2)n1. The van der Waals surface area contributed by atoms with Crippen LogP contribution in [0.3, 0.4) is 0 Å². The molecule has 14 heavy (non-hydrogen) atoms. The maximum atomic E-state index is 10.7. The molecule has 0 unspecified atom stereocenters. The van der Waals surface area contributed by atoms with Gasteiger partial charge in [-0.2, -0.15) is 4.98 Å². The summed E-state index contributed by atoms with van der Waals surface area (Å²) in [4.78, 5) is 14.5. The van der Waals surface area contributed by atoms with Crippen LogP contribution in [0.25, 0.3) is 0 Å². The molecule has 0 spiro atoms. The molecule has 76 valence electrons. The van der Waals surface area contributed by atoms with Crippen molar-refractivity contribution in [3.8, 4) is 0 Å². The van der Waals surface area contributed by atoms with E-state index in [4.69, 9.17) is 10.3 Å². The van der Waals surface area contributed by atoms with Gasteiger partial charge >= 0.3 is 0 Å². The molecule has 0 aliphatic carbocycles. The number of aromatic nitrogens is 2. The predicted octanol–water partition coefficient (Wildman–Crippen LogP) is -1.44. The molecule has 0 bridgehead atoms. The van der Waals surface area contributed by atoms with Crippen molar-refractivity contribution in [1.29, 1.82) is 0 Å². The number of hydrogen-bond donors (Lipinski definition) is 3. The van der Waals surface area contributed by atoms with Crippen molar-refractivity contribution in [2.75, 3.05) is 6.54 Å². The summed E-state index contributed by atoms with van der Waals surface area (Å²) in [6, 6.07) is -0.189. The maximum Gasteiger partial charge on any atom is 0.290 e. The van der Waals surface area contributed by atoms with Gasteiger partial charge in [-0.05, 0) is 6.42 Å². The van der Waals surface area contributed by atoms with Crippen molar-refractivity contribution >= 4 is 5.91 Å². The number of nitrogens with two attached hydrogens (primary N) is 1. The van der Waals surface area contributed by atoms with Crippen LogP contribution in [0.5, 0.6) is 0 Å². The third-order valence-corrected chi connectivity index (χ3v) is 2.07. The Morgan fingerprint density at radius 3 is 3.00 bits per heavy atom. The third-order valence-electron chi connectivity index (χ3n) is 2.07. The molecule has 1 aromatic rings. The topological polar surface area (TPSA) is 114 Å². The Labute approximate surface area is 79.3 Å². The van der Waals surface area contributed by atoms with Crippen molar-refractivity contribution in [2.24, 2.45) is 5.73 Å². The van der Waals surface area contributed by atoms with Gasteiger partial charge in [0.2, 0.25) is 5.89 Å². The summed E-state index contributed by atoms with van der Waals surface area (Å²) in [6.07, 6.45) is 0.0874. The van der Waals surface area contributed by atoms with E-state index in [-0.39, 0.29) is 17.8 Å². The van der Waals surface area contributed by atoms with Gasteiger partial charge in [0.15, 0.2) is 0 Å². The summed E-state index contributed by atoms with van der Waals surface area (Å²) in [5.41, 5.74) is 4.96. The molecule has 1 aromatic heterocycles. The molecule has 2 atom stereocenters. The number of rotatable bonds is 2.